The molecule has 1 aliphatic heterocycles. The van der Waals surface area contributed by atoms with Gasteiger partial charge >= 0.3 is 0 Å². The average molecular weight is 210 g/mol. The molecule has 0 amide bonds. The second-order valence-corrected chi connectivity index (χ2v) is 3.65. The molecule has 0 aliphatic carbocycles. The van der Waals surface area contributed by atoms with Crippen LogP contribution in [0.2, 0.25) is 0 Å². The molecule has 84 valence electrons. The van der Waals surface area contributed by atoms with E-state index in [0.29, 0.717) is 0 Å². The molecule has 2 rings (SSSR count). The molecule has 1 aliphatic rings. The highest BCUT2D eigenvalue weighted by Gasteiger charge is 2.10. The molecule has 1 aromatic rings. The van der Waals surface area contributed by atoms with Crippen LogP contribution >= 0.6 is 0 Å². The normalized spacial score (nSPS) is 17.9. The Balaban J connectivity index is 1.81. The van der Waals surface area contributed by atoms with Gasteiger partial charge in [0.05, 0.1) is 13.2 Å². The molecule has 0 bridgehead atoms. The summed E-state index contributed by atoms with van der Waals surface area (Å²) in [6.45, 7) is 5.86. The van der Waals surface area contributed by atoms with Gasteiger partial charge in [0.25, 0.3) is 0 Å². The van der Waals surface area contributed by atoms with Crippen LogP contribution in [0.25, 0.3) is 0 Å². The van der Waals surface area contributed by atoms with E-state index in [4.69, 9.17) is 4.74 Å². The second-order valence-electron chi connectivity index (χ2n) is 3.65. The summed E-state index contributed by atoms with van der Waals surface area (Å²) in [5, 5.41) is 3.07. The van der Waals surface area contributed by atoms with E-state index in [1.54, 1.807) is 0 Å². The van der Waals surface area contributed by atoms with Gasteiger partial charge in [-0.2, -0.15) is 0 Å². The Morgan fingerprint density at radius 2 is 2.20 bits per heavy atom. The second kappa shape index (κ2) is 5.14. The summed E-state index contributed by atoms with van der Waals surface area (Å²) in [4.78, 5) is 6.63. The summed E-state index contributed by atoms with van der Waals surface area (Å²) in [6, 6.07) is 0. The molecule has 0 radical (unpaired) electrons. The van der Waals surface area contributed by atoms with Crippen LogP contribution in [0, 0.1) is 0 Å². The molecule has 0 spiro atoms. The molecule has 5 heteroatoms. The van der Waals surface area contributed by atoms with Crippen molar-refractivity contribution in [3.05, 3.63) is 12.4 Å². The van der Waals surface area contributed by atoms with Crippen LogP contribution in [-0.4, -0.2) is 54.3 Å². The summed E-state index contributed by atoms with van der Waals surface area (Å²) < 4.78 is 7.44. The molecule has 15 heavy (non-hydrogen) atoms. The lowest BCUT2D eigenvalue weighted by molar-refractivity contribution is 0.0364. The average Bonchev–Trinajstić information content (AvgIpc) is 2.75. The van der Waals surface area contributed by atoms with Crippen LogP contribution in [0.3, 0.4) is 0 Å². The number of rotatable bonds is 4. The molecule has 0 saturated carbocycles. The van der Waals surface area contributed by atoms with Crippen LogP contribution in [0.15, 0.2) is 12.4 Å². The Morgan fingerprint density at radius 3 is 2.93 bits per heavy atom. The van der Waals surface area contributed by atoms with Crippen molar-refractivity contribution in [2.45, 2.75) is 6.54 Å². The minimum absolute atomic E-state index is 0.864. The number of aromatic nitrogens is 2. The van der Waals surface area contributed by atoms with Gasteiger partial charge in [0, 0.05) is 45.6 Å². The topological polar surface area (TPSA) is 42.3 Å². The summed E-state index contributed by atoms with van der Waals surface area (Å²) in [6.07, 6.45) is 3.83. The van der Waals surface area contributed by atoms with Crippen molar-refractivity contribution in [2.24, 2.45) is 0 Å². The molecule has 1 aromatic heterocycles. The highest BCUT2D eigenvalue weighted by atomic mass is 16.5. The smallest absolute Gasteiger partial charge is 0.202 e. The van der Waals surface area contributed by atoms with Crippen molar-refractivity contribution in [1.82, 2.24) is 14.5 Å². The van der Waals surface area contributed by atoms with E-state index in [1.165, 1.54) is 0 Å². The maximum absolute atomic E-state index is 5.31. The van der Waals surface area contributed by atoms with Gasteiger partial charge in [0.2, 0.25) is 5.95 Å². The number of morpholine rings is 1. The largest absolute Gasteiger partial charge is 0.379 e. The van der Waals surface area contributed by atoms with Crippen molar-refractivity contribution in [3.8, 4) is 0 Å². The first-order chi connectivity index (χ1) is 7.40. The van der Waals surface area contributed by atoms with Crippen LogP contribution in [0.4, 0.5) is 5.95 Å². The molecule has 1 fully saturated rings. The minimum atomic E-state index is 0.864. The lowest BCUT2D eigenvalue weighted by Gasteiger charge is -2.26. The first kappa shape index (κ1) is 10.4. The molecular formula is C10H18N4O. The number of anilines is 1. The molecule has 0 unspecified atom stereocenters. The molecule has 2 heterocycles. The van der Waals surface area contributed by atoms with Gasteiger partial charge in [-0.05, 0) is 0 Å². The minimum Gasteiger partial charge on any atom is -0.379 e. The van der Waals surface area contributed by atoms with E-state index in [2.05, 4.69) is 19.8 Å². The zero-order valence-electron chi connectivity index (χ0n) is 9.15. The zero-order chi connectivity index (χ0) is 10.5. The molecule has 5 nitrogen and oxygen atoms in total. The third-order valence-corrected chi connectivity index (χ3v) is 2.70. The Bertz CT molecular complexity index is 293. The number of imidazole rings is 1. The Morgan fingerprint density at radius 1 is 1.40 bits per heavy atom. The number of ether oxygens (including phenoxy) is 1. The van der Waals surface area contributed by atoms with Crippen LogP contribution in [0.5, 0.6) is 0 Å². The number of nitrogens with one attached hydrogen (secondary N) is 1. The summed E-state index contributed by atoms with van der Waals surface area (Å²) >= 11 is 0. The van der Waals surface area contributed by atoms with E-state index in [9.17, 15) is 0 Å². The van der Waals surface area contributed by atoms with Gasteiger partial charge in [-0.3, -0.25) is 4.90 Å². The first-order valence-corrected chi connectivity index (χ1v) is 5.39. The Kier molecular flexibility index (Phi) is 3.58. The van der Waals surface area contributed by atoms with Gasteiger partial charge in [0.15, 0.2) is 0 Å². The van der Waals surface area contributed by atoms with Crippen molar-refractivity contribution < 1.29 is 4.74 Å². The summed E-state index contributed by atoms with van der Waals surface area (Å²) in [7, 11) is 1.90. The van der Waals surface area contributed by atoms with Gasteiger partial charge < -0.3 is 14.6 Å². The molecular weight excluding hydrogens is 192 g/mol. The van der Waals surface area contributed by atoms with E-state index >= 15 is 0 Å². The molecule has 0 atom stereocenters. The number of nitrogens with zero attached hydrogens (tertiary/aromatic N) is 3. The molecule has 0 aromatic carbocycles. The van der Waals surface area contributed by atoms with Gasteiger partial charge in [-0.15, -0.1) is 0 Å². The highest BCUT2D eigenvalue weighted by molar-refractivity contribution is 5.23. The van der Waals surface area contributed by atoms with Crippen LogP contribution in [-0.2, 0) is 11.3 Å². The lowest BCUT2D eigenvalue weighted by Crippen LogP contribution is -2.38. The zero-order valence-corrected chi connectivity index (χ0v) is 9.15. The predicted octanol–water partition coefficient (Wildman–Crippen LogP) is 0.257. The fraction of sp³-hybridized carbons (Fsp3) is 0.700. The van der Waals surface area contributed by atoms with Crippen molar-refractivity contribution in [2.75, 3.05) is 45.2 Å². The summed E-state index contributed by atoms with van der Waals surface area (Å²) in [5.41, 5.74) is 0. The molecule has 1 N–H and O–H groups in total. The maximum Gasteiger partial charge on any atom is 0.202 e. The third-order valence-electron chi connectivity index (χ3n) is 2.70. The first-order valence-electron chi connectivity index (χ1n) is 5.39. The van der Waals surface area contributed by atoms with Gasteiger partial charge in [-0.1, -0.05) is 0 Å². The number of hydrogen-bond acceptors (Lipinski definition) is 4. The highest BCUT2D eigenvalue weighted by Crippen LogP contribution is 2.04. The fourth-order valence-corrected chi connectivity index (χ4v) is 1.79. The van der Waals surface area contributed by atoms with E-state index in [1.807, 2.05) is 19.4 Å². The van der Waals surface area contributed by atoms with Crippen molar-refractivity contribution in [1.29, 1.82) is 0 Å². The van der Waals surface area contributed by atoms with Crippen LogP contribution in [0.1, 0.15) is 0 Å². The number of hydrogen-bond donors (Lipinski definition) is 1. The standard InChI is InChI=1S/C10H18N4O/c1-11-10-12-2-3-14(10)5-4-13-6-8-15-9-7-13/h2-3H,4-9H2,1H3,(H,11,12). The quantitative estimate of drug-likeness (QED) is 0.774. The molecule has 1 saturated heterocycles. The summed E-state index contributed by atoms with van der Waals surface area (Å²) in [5.74, 6) is 0.934. The van der Waals surface area contributed by atoms with E-state index < -0.39 is 0 Å². The maximum atomic E-state index is 5.31. The van der Waals surface area contributed by atoms with Crippen molar-refractivity contribution in [3.63, 3.8) is 0 Å². The third kappa shape index (κ3) is 2.70. The Hall–Kier alpha value is -1.07. The lowest BCUT2D eigenvalue weighted by atomic mass is 10.4. The Labute approximate surface area is 90.0 Å². The van der Waals surface area contributed by atoms with Gasteiger partial charge in [0.1, 0.15) is 0 Å². The van der Waals surface area contributed by atoms with Gasteiger partial charge in [-0.25, -0.2) is 4.98 Å². The predicted molar refractivity (Wildman–Crippen MR) is 59.0 cm³/mol. The van der Waals surface area contributed by atoms with Crippen LogP contribution < -0.4 is 5.32 Å². The van der Waals surface area contributed by atoms with Crippen molar-refractivity contribution >= 4 is 5.95 Å². The monoisotopic (exact) mass is 210 g/mol. The van der Waals surface area contributed by atoms with E-state index in [-0.39, 0.29) is 0 Å². The fourth-order valence-electron chi connectivity index (χ4n) is 1.79. The SMILES string of the molecule is CNc1nccn1CCN1CCOCC1. The van der Waals surface area contributed by atoms with E-state index in [0.717, 1.165) is 45.3 Å².